The molecule has 0 radical (unpaired) electrons. The molecule has 0 saturated carbocycles. The third-order valence-corrected chi connectivity index (χ3v) is 3.04. The summed E-state index contributed by atoms with van der Waals surface area (Å²) in [5.41, 5.74) is 0.698. The number of halogens is 2. The van der Waals surface area contributed by atoms with Crippen LogP contribution in [0.4, 0.5) is 8.78 Å². The van der Waals surface area contributed by atoms with Gasteiger partial charge in [0.2, 0.25) is 0 Å². The lowest BCUT2D eigenvalue weighted by atomic mass is 9.88. The predicted molar refractivity (Wildman–Crippen MR) is 68.4 cm³/mol. The van der Waals surface area contributed by atoms with Crippen molar-refractivity contribution in [1.82, 2.24) is 0 Å². The van der Waals surface area contributed by atoms with Crippen LogP contribution in [-0.2, 0) is 5.92 Å². The Morgan fingerprint density at radius 1 is 1.33 bits per heavy atom. The molecule has 0 N–H and O–H groups in total. The Morgan fingerprint density at radius 2 is 2.00 bits per heavy atom. The maximum Gasteiger partial charge on any atom is 0.273 e. The summed E-state index contributed by atoms with van der Waals surface area (Å²) in [5.74, 6) is -3.02. The molecule has 0 aliphatic carbocycles. The van der Waals surface area contributed by atoms with Gasteiger partial charge in [-0.05, 0) is 17.5 Å². The molecule has 1 atom stereocenters. The number of benzene rings is 1. The number of alkyl halides is 2. The van der Waals surface area contributed by atoms with Gasteiger partial charge in [-0.3, -0.25) is 0 Å². The van der Waals surface area contributed by atoms with E-state index in [4.69, 9.17) is 5.26 Å². The highest BCUT2D eigenvalue weighted by Gasteiger charge is 2.30. The number of hydrogen-bond donors (Lipinski definition) is 0. The fourth-order valence-corrected chi connectivity index (χ4v) is 2.03. The van der Waals surface area contributed by atoms with Gasteiger partial charge in [0.05, 0.1) is 12.0 Å². The fraction of sp³-hybridized carbons (Fsp3) is 0.533. The largest absolute Gasteiger partial charge is 0.273 e. The molecule has 0 fully saturated rings. The minimum absolute atomic E-state index is 0.0164. The summed E-state index contributed by atoms with van der Waals surface area (Å²) in [6.07, 6.45) is 0.276. The molecule has 0 amide bonds. The monoisotopic (exact) mass is 251 g/mol. The van der Waals surface area contributed by atoms with Crippen molar-refractivity contribution in [2.45, 2.75) is 45.5 Å². The predicted octanol–water partition coefficient (Wildman–Crippen LogP) is 4.84. The summed E-state index contributed by atoms with van der Waals surface area (Å²) in [6, 6.07) is 8.46. The SMILES string of the molecule is CCCC(F)(F)c1cccc(C(C#N)C(C)C)c1. The molecule has 0 aromatic heterocycles. The van der Waals surface area contributed by atoms with E-state index >= 15 is 0 Å². The Kier molecular flexibility index (Phi) is 4.84. The third-order valence-electron chi connectivity index (χ3n) is 3.04. The summed E-state index contributed by atoms with van der Waals surface area (Å²) in [5, 5.41) is 9.11. The van der Waals surface area contributed by atoms with E-state index < -0.39 is 5.92 Å². The van der Waals surface area contributed by atoms with Crippen molar-refractivity contribution in [3.8, 4) is 6.07 Å². The Hall–Kier alpha value is -1.43. The first-order chi connectivity index (χ1) is 8.42. The van der Waals surface area contributed by atoms with Crippen LogP contribution >= 0.6 is 0 Å². The van der Waals surface area contributed by atoms with E-state index in [2.05, 4.69) is 6.07 Å². The highest BCUT2D eigenvalue weighted by Crippen LogP contribution is 2.35. The summed E-state index contributed by atoms with van der Waals surface area (Å²) in [7, 11) is 0. The summed E-state index contributed by atoms with van der Waals surface area (Å²) in [6.45, 7) is 5.58. The standard InChI is InChI=1S/C15H19F2N/c1-4-8-15(16,17)13-7-5-6-12(9-13)14(10-18)11(2)3/h5-7,9,11,14H,4,8H2,1-3H3. The van der Waals surface area contributed by atoms with E-state index in [0.29, 0.717) is 12.0 Å². The molecule has 0 spiro atoms. The van der Waals surface area contributed by atoms with Crippen LogP contribution in [0.25, 0.3) is 0 Å². The van der Waals surface area contributed by atoms with Crippen molar-refractivity contribution in [2.75, 3.05) is 0 Å². The molecule has 1 aromatic rings. The van der Waals surface area contributed by atoms with Crippen molar-refractivity contribution >= 4 is 0 Å². The molecule has 1 unspecified atom stereocenters. The minimum atomic E-state index is -2.80. The number of rotatable bonds is 5. The first kappa shape index (κ1) is 14.6. The molecule has 3 heteroatoms. The Labute approximate surface area is 107 Å². The van der Waals surface area contributed by atoms with Crippen LogP contribution in [0.2, 0.25) is 0 Å². The molecule has 0 aliphatic rings. The van der Waals surface area contributed by atoms with Crippen LogP contribution in [0.15, 0.2) is 24.3 Å². The van der Waals surface area contributed by atoms with E-state index in [-0.39, 0.29) is 23.8 Å². The first-order valence-corrected chi connectivity index (χ1v) is 6.30. The van der Waals surface area contributed by atoms with Gasteiger partial charge in [0.1, 0.15) is 0 Å². The molecule has 0 saturated heterocycles. The van der Waals surface area contributed by atoms with Gasteiger partial charge in [-0.1, -0.05) is 45.4 Å². The maximum absolute atomic E-state index is 13.8. The summed E-state index contributed by atoms with van der Waals surface area (Å²) in [4.78, 5) is 0. The second-order valence-electron chi connectivity index (χ2n) is 4.93. The van der Waals surface area contributed by atoms with Crippen LogP contribution in [0.3, 0.4) is 0 Å². The normalized spacial score (nSPS) is 13.4. The van der Waals surface area contributed by atoms with E-state index in [9.17, 15) is 8.78 Å². The lowest BCUT2D eigenvalue weighted by molar-refractivity contribution is -0.0141. The van der Waals surface area contributed by atoms with Crippen molar-refractivity contribution < 1.29 is 8.78 Å². The topological polar surface area (TPSA) is 23.8 Å². The first-order valence-electron chi connectivity index (χ1n) is 6.30. The van der Waals surface area contributed by atoms with Gasteiger partial charge in [0, 0.05) is 12.0 Å². The zero-order chi connectivity index (χ0) is 13.8. The van der Waals surface area contributed by atoms with Crippen LogP contribution in [-0.4, -0.2) is 0 Å². The van der Waals surface area contributed by atoms with Crippen molar-refractivity contribution in [2.24, 2.45) is 5.92 Å². The fourth-order valence-electron chi connectivity index (χ4n) is 2.03. The van der Waals surface area contributed by atoms with Crippen LogP contribution in [0, 0.1) is 17.2 Å². The zero-order valence-electron chi connectivity index (χ0n) is 11.1. The van der Waals surface area contributed by atoms with Gasteiger partial charge in [-0.25, -0.2) is 8.78 Å². The Morgan fingerprint density at radius 3 is 2.50 bits per heavy atom. The molecule has 98 valence electrons. The van der Waals surface area contributed by atoms with Crippen molar-refractivity contribution in [1.29, 1.82) is 5.26 Å². The van der Waals surface area contributed by atoms with Gasteiger partial charge in [-0.2, -0.15) is 5.26 Å². The molecular weight excluding hydrogens is 232 g/mol. The van der Waals surface area contributed by atoms with Gasteiger partial charge in [-0.15, -0.1) is 0 Å². The van der Waals surface area contributed by atoms with Crippen molar-refractivity contribution in [3.63, 3.8) is 0 Å². The number of nitrogens with zero attached hydrogens (tertiary/aromatic N) is 1. The molecule has 0 aliphatic heterocycles. The number of nitriles is 1. The van der Waals surface area contributed by atoms with Crippen molar-refractivity contribution in [3.05, 3.63) is 35.4 Å². The maximum atomic E-state index is 13.8. The van der Waals surface area contributed by atoms with E-state index in [1.165, 1.54) is 12.1 Å². The summed E-state index contributed by atoms with van der Waals surface area (Å²) >= 11 is 0. The van der Waals surface area contributed by atoms with E-state index in [1.807, 2.05) is 13.8 Å². The molecule has 1 nitrogen and oxygen atoms in total. The minimum Gasteiger partial charge on any atom is -0.201 e. The molecule has 0 bridgehead atoms. The Bertz CT molecular complexity index is 432. The quantitative estimate of drug-likeness (QED) is 0.734. The highest BCUT2D eigenvalue weighted by molar-refractivity contribution is 5.32. The van der Waals surface area contributed by atoms with Gasteiger partial charge in [0.25, 0.3) is 5.92 Å². The van der Waals surface area contributed by atoms with E-state index in [0.717, 1.165) is 0 Å². The Balaban J connectivity index is 3.10. The van der Waals surface area contributed by atoms with Crippen LogP contribution in [0.1, 0.15) is 50.7 Å². The molecule has 1 rings (SSSR count). The number of hydrogen-bond acceptors (Lipinski definition) is 1. The van der Waals surface area contributed by atoms with Gasteiger partial charge in [0.15, 0.2) is 0 Å². The molecule has 18 heavy (non-hydrogen) atoms. The smallest absolute Gasteiger partial charge is 0.201 e. The van der Waals surface area contributed by atoms with Crippen LogP contribution in [0.5, 0.6) is 0 Å². The lowest BCUT2D eigenvalue weighted by Crippen LogP contribution is -2.14. The van der Waals surface area contributed by atoms with Gasteiger partial charge < -0.3 is 0 Å². The summed E-state index contributed by atoms with van der Waals surface area (Å²) < 4.78 is 27.6. The van der Waals surface area contributed by atoms with E-state index in [1.54, 1.807) is 19.1 Å². The second kappa shape index (κ2) is 5.95. The van der Waals surface area contributed by atoms with Gasteiger partial charge >= 0.3 is 0 Å². The zero-order valence-corrected chi connectivity index (χ0v) is 11.1. The molecule has 1 aromatic carbocycles. The third kappa shape index (κ3) is 3.29. The average molecular weight is 251 g/mol. The average Bonchev–Trinajstić information content (AvgIpc) is 2.30. The van der Waals surface area contributed by atoms with Crippen LogP contribution < -0.4 is 0 Å². The molecular formula is C15H19F2N. The lowest BCUT2D eigenvalue weighted by Gasteiger charge is -2.19. The molecule has 0 heterocycles. The highest BCUT2D eigenvalue weighted by atomic mass is 19.3. The second-order valence-corrected chi connectivity index (χ2v) is 4.93.